The van der Waals surface area contributed by atoms with E-state index in [0.29, 0.717) is 11.0 Å². The van der Waals surface area contributed by atoms with Crippen LogP contribution in [-0.2, 0) is 32.7 Å². The Labute approximate surface area is 219 Å². The lowest BCUT2D eigenvalue weighted by Gasteiger charge is -2.24. The van der Waals surface area contributed by atoms with Crippen LogP contribution in [0.15, 0.2) is 0 Å². The van der Waals surface area contributed by atoms with Crippen LogP contribution in [0.25, 0.3) is 0 Å². The van der Waals surface area contributed by atoms with Gasteiger partial charge in [-0.25, -0.2) is 4.57 Å². The highest BCUT2D eigenvalue weighted by molar-refractivity contribution is 7.47. The topological polar surface area (TPSA) is 108 Å². The molecule has 2 atom stereocenters. The van der Waals surface area contributed by atoms with Crippen LogP contribution in [-0.4, -0.2) is 74.9 Å². The number of carbonyl (C=O) groups is 2. The van der Waals surface area contributed by atoms with Gasteiger partial charge in [0.1, 0.15) is 19.8 Å². The van der Waals surface area contributed by atoms with E-state index in [4.69, 9.17) is 18.5 Å². The number of likely N-dealkylation sites (N-methyl/N-ethyl adjacent to an activating group) is 1. The minimum atomic E-state index is -4.31. The van der Waals surface area contributed by atoms with E-state index >= 15 is 0 Å². The van der Waals surface area contributed by atoms with Crippen LogP contribution in [0.1, 0.15) is 104 Å². The molecule has 0 rings (SSSR count). The number of phosphoric ester groups is 1. The summed E-state index contributed by atoms with van der Waals surface area (Å²) < 4.78 is 32.7. The zero-order valence-corrected chi connectivity index (χ0v) is 24.4. The monoisotopic (exact) mass is 538 g/mol. The van der Waals surface area contributed by atoms with Crippen molar-refractivity contribution in [3.05, 3.63) is 0 Å². The fraction of sp³-hybridized carbons (Fsp3) is 0.923. The number of nitrogens with zero attached hydrogens (tertiary/aromatic N) is 1. The summed E-state index contributed by atoms with van der Waals surface area (Å²) in [7, 11) is 1.47. The standard InChI is InChI=1S/C26H52NO8P/c1-6-7-8-9-10-11-12-13-14-15-16-17-18-19-26(29)32-22-25(35-24(2)28)23-34-36(30,31)33-21-20-27(3,4)5/h25H,6-23H2,1-5H3/p+1. The third-order valence-electron chi connectivity index (χ3n) is 5.69. The van der Waals surface area contributed by atoms with Crippen molar-refractivity contribution in [3.63, 3.8) is 0 Å². The zero-order chi connectivity index (χ0) is 27.3. The summed E-state index contributed by atoms with van der Waals surface area (Å²) in [5.74, 6) is -0.989. The second kappa shape index (κ2) is 21.0. The Bertz CT molecular complexity index is 624. The molecule has 0 saturated carbocycles. The molecule has 214 valence electrons. The first-order valence-electron chi connectivity index (χ1n) is 13.7. The molecule has 0 aliphatic heterocycles. The number of hydrogen-bond donors (Lipinski definition) is 1. The Kier molecular flexibility index (Phi) is 20.4. The predicted molar refractivity (Wildman–Crippen MR) is 141 cm³/mol. The Balaban J connectivity index is 3.95. The number of rotatable bonds is 24. The molecule has 0 radical (unpaired) electrons. The summed E-state index contributed by atoms with van der Waals surface area (Å²) in [5.41, 5.74) is 0. The lowest BCUT2D eigenvalue weighted by molar-refractivity contribution is -0.870. The maximum atomic E-state index is 12.0. The van der Waals surface area contributed by atoms with Crippen LogP contribution in [0.2, 0.25) is 0 Å². The molecule has 0 aliphatic carbocycles. The summed E-state index contributed by atoms with van der Waals surface area (Å²) in [6, 6.07) is 0. The summed E-state index contributed by atoms with van der Waals surface area (Å²) >= 11 is 0. The Morgan fingerprint density at radius 1 is 0.806 bits per heavy atom. The van der Waals surface area contributed by atoms with Crippen LogP contribution in [0.5, 0.6) is 0 Å². The van der Waals surface area contributed by atoms with Gasteiger partial charge >= 0.3 is 19.8 Å². The van der Waals surface area contributed by atoms with Gasteiger partial charge in [-0.1, -0.05) is 84.0 Å². The van der Waals surface area contributed by atoms with E-state index < -0.39 is 26.5 Å². The third kappa shape index (κ3) is 24.7. The van der Waals surface area contributed by atoms with Crippen molar-refractivity contribution in [3.8, 4) is 0 Å². The van der Waals surface area contributed by atoms with E-state index in [9.17, 15) is 19.0 Å². The van der Waals surface area contributed by atoms with Gasteiger partial charge in [0.05, 0.1) is 27.7 Å². The molecular formula is C26H53NO8P+. The molecule has 0 aromatic heterocycles. The van der Waals surface area contributed by atoms with Gasteiger partial charge in [0.2, 0.25) is 0 Å². The number of hydrogen-bond acceptors (Lipinski definition) is 7. The predicted octanol–water partition coefficient (Wildman–Crippen LogP) is 5.78. The highest BCUT2D eigenvalue weighted by Gasteiger charge is 2.26. The van der Waals surface area contributed by atoms with Crippen LogP contribution in [0, 0.1) is 0 Å². The van der Waals surface area contributed by atoms with E-state index in [1.54, 1.807) is 0 Å². The lowest BCUT2D eigenvalue weighted by Crippen LogP contribution is -2.37. The Morgan fingerprint density at radius 3 is 1.78 bits per heavy atom. The minimum Gasteiger partial charge on any atom is -0.462 e. The molecule has 0 saturated heterocycles. The molecular weight excluding hydrogens is 485 g/mol. The summed E-state index contributed by atoms with van der Waals surface area (Å²) in [5, 5.41) is 0. The van der Waals surface area contributed by atoms with Gasteiger partial charge in [-0.2, -0.15) is 0 Å². The SMILES string of the molecule is CCCCCCCCCCCCCCCC(=O)OCC(COP(=O)(O)OCC[N+](C)(C)C)OC(C)=O. The average molecular weight is 539 g/mol. The fourth-order valence-corrected chi connectivity index (χ4v) is 4.28. The largest absolute Gasteiger partial charge is 0.472 e. The van der Waals surface area contributed by atoms with E-state index in [1.165, 1.54) is 71.1 Å². The smallest absolute Gasteiger partial charge is 0.462 e. The molecule has 36 heavy (non-hydrogen) atoms. The maximum absolute atomic E-state index is 12.0. The normalized spacial score (nSPS) is 14.3. The van der Waals surface area contributed by atoms with Crippen LogP contribution < -0.4 is 0 Å². The molecule has 0 amide bonds. The summed E-state index contributed by atoms with van der Waals surface area (Å²) in [6.07, 6.45) is 15.3. The summed E-state index contributed by atoms with van der Waals surface area (Å²) in [4.78, 5) is 33.2. The van der Waals surface area contributed by atoms with Crippen molar-refractivity contribution < 1.29 is 42.1 Å². The van der Waals surface area contributed by atoms with Crippen LogP contribution in [0.4, 0.5) is 0 Å². The van der Waals surface area contributed by atoms with Gasteiger partial charge < -0.3 is 18.9 Å². The molecule has 0 aliphatic rings. The number of carbonyl (C=O) groups excluding carboxylic acids is 2. The number of unbranched alkanes of at least 4 members (excludes halogenated alkanes) is 12. The van der Waals surface area contributed by atoms with Crippen LogP contribution >= 0.6 is 7.82 Å². The molecule has 0 aromatic carbocycles. The molecule has 10 heteroatoms. The third-order valence-corrected chi connectivity index (χ3v) is 6.67. The molecule has 0 spiro atoms. The van der Waals surface area contributed by atoms with E-state index in [2.05, 4.69) is 6.92 Å². The molecule has 0 bridgehead atoms. The van der Waals surface area contributed by atoms with Gasteiger partial charge in [0.25, 0.3) is 0 Å². The summed E-state index contributed by atoms with van der Waals surface area (Å²) in [6.45, 7) is 3.34. The van der Waals surface area contributed by atoms with Crippen molar-refractivity contribution in [2.24, 2.45) is 0 Å². The quantitative estimate of drug-likeness (QED) is 0.0713. The Hall–Kier alpha value is -0.990. The molecule has 1 N–H and O–H groups in total. The molecule has 0 heterocycles. The van der Waals surface area contributed by atoms with Crippen molar-refractivity contribution in [1.82, 2.24) is 0 Å². The first kappa shape index (κ1) is 35.0. The second-order valence-electron chi connectivity index (χ2n) is 10.5. The number of esters is 2. The Morgan fingerprint density at radius 2 is 1.31 bits per heavy atom. The number of ether oxygens (including phenoxy) is 2. The lowest BCUT2D eigenvalue weighted by atomic mass is 10.0. The number of phosphoric acid groups is 1. The average Bonchev–Trinajstić information content (AvgIpc) is 2.77. The number of quaternary nitrogens is 1. The molecule has 0 fully saturated rings. The van der Waals surface area contributed by atoms with Gasteiger partial charge in [0.15, 0.2) is 6.10 Å². The second-order valence-corrected chi connectivity index (χ2v) is 12.0. The van der Waals surface area contributed by atoms with E-state index in [0.717, 1.165) is 19.3 Å². The molecule has 2 unspecified atom stereocenters. The van der Waals surface area contributed by atoms with Crippen molar-refractivity contribution >= 4 is 19.8 Å². The minimum absolute atomic E-state index is 0.0314. The zero-order valence-electron chi connectivity index (χ0n) is 23.5. The fourth-order valence-electron chi connectivity index (χ4n) is 3.54. The first-order valence-corrected chi connectivity index (χ1v) is 15.2. The van der Waals surface area contributed by atoms with Crippen LogP contribution in [0.3, 0.4) is 0 Å². The van der Waals surface area contributed by atoms with Gasteiger partial charge in [-0.15, -0.1) is 0 Å². The van der Waals surface area contributed by atoms with Gasteiger partial charge in [-0.3, -0.25) is 18.6 Å². The molecule has 0 aromatic rings. The van der Waals surface area contributed by atoms with E-state index in [-0.39, 0.29) is 25.6 Å². The van der Waals surface area contributed by atoms with Gasteiger partial charge in [-0.05, 0) is 6.42 Å². The van der Waals surface area contributed by atoms with Crippen molar-refractivity contribution in [2.75, 3.05) is 47.5 Å². The highest BCUT2D eigenvalue weighted by Crippen LogP contribution is 2.43. The van der Waals surface area contributed by atoms with Crippen molar-refractivity contribution in [2.45, 2.75) is 110 Å². The van der Waals surface area contributed by atoms with Crippen molar-refractivity contribution in [1.29, 1.82) is 0 Å². The molecule has 9 nitrogen and oxygen atoms in total. The van der Waals surface area contributed by atoms with Gasteiger partial charge in [0, 0.05) is 13.3 Å². The van der Waals surface area contributed by atoms with E-state index in [1.807, 2.05) is 21.1 Å². The highest BCUT2D eigenvalue weighted by atomic mass is 31.2. The first-order chi connectivity index (χ1) is 16.9. The maximum Gasteiger partial charge on any atom is 0.472 e.